The average molecular weight is 296 g/mol. The first-order chi connectivity index (χ1) is 9.00. The molecule has 0 aliphatic carbocycles. The number of aromatic amines is 1. The van der Waals surface area contributed by atoms with E-state index in [-0.39, 0.29) is 10.0 Å². The Morgan fingerprint density at radius 1 is 1.32 bits per heavy atom. The third-order valence-corrected chi connectivity index (χ3v) is 4.04. The molecule has 0 spiro atoms. The molecule has 1 unspecified atom stereocenters. The van der Waals surface area contributed by atoms with Crippen molar-refractivity contribution in [3.05, 3.63) is 48.2 Å². The van der Waals surface area contributed by atoms with Crippen molar-refractivity contribution >= 4 is 27.2 Å². The molecule has 0 saturated carbocycles. The summed E-state index contributed by atoms with van der Waals surface area (Å²) in [5.41, 5.74) is 6.29. The van der Waals surface area contributed by atoms with Crippen LogP contribution < -0.4 is 10.5 Å². The van der Waals surface area contributed by atoms with Gasteiger partial charge in [-0.2, -0.15) is 9.82 Å². The molecule has 6 nitrogen and oxygen atoms in total. The van der Waals surface area contributed by atoms with Gasteiger partial charge in [-0.25, -0.2) is 8.42 Å². The lowest BCUT2D eigenvalue weighted by Gasteiger charge is -2.17. The monoisotopic (exact) mass is 296 g/mol. The summed E-state index contributed by atoms with van der Waals surface area (Å²) in [6, 6.07) is 9.48. The Hall–Kier alpha value is -1.77. The summed E-state index contributed by atoms with van der Waals surface area (Å²) in [5.74, 6) is 0. The van der Waals surface area contributed by atoms with Crippen molar-refractivity contribution in [2.75, 3.05) is 0 Å². The predicted octanol–water partition coefficient (Wildman–Crippen LogP) is 0.715. The van der Waals surface area contributed by atoms with Crippen LogP contribution in [0.25, 0.3) is 0 Å². The van der Waals surface area contributed by atoms with E-state index in [1.807, 2.05) is 6.07 Å². The van der Waals surface area contributed by atoms with Gasteiger partial charge in [0.2, 0.25) is 0 Å². The lowest BCUT2D eigenvalue weighted by atomic mass is 10.1. The summed E-state index contributed by atoms with van der Waals surface area (Å²) in [7, 11) is -3.74. The molecule has 0 fully saturated rings. The van der Waals surface area contributed by atoms with E-state index >= 15 is 0 Å². The Kier molecular flexibility index (Phi) is 3.93. The molecule has 4 N–H and O–H groups in total. The van der Waals surface area contributed by atoms with Gasteiger partial charge in [0.05, 0.1) is 17.2 Å². The van der Waals surface area contributed by atoms with E-state index in [9.17, 15) is 8.42 Å². The van der Waals surface area contributed by atoms with Gasteiger partial charge in [0, 0.05) is 0 Å². The number of H-pyrrole nitrogens is 1. The van der Waals surface area contributed by atoms with Crippen molar-refractivity contribution in [2.24, 2.45) is 5.73 Å². The standard InChI is InChI=1S/C11H12N4O2S2/c12-11(18)10(8-4-2-1-3-5-8)15-19(16,17)9-6-7-13-14-9/h1-7,10,15H,(H2,12,18)(H,13,14). The number of aromatic nitrogens is 2. The Bertz CT molecular complexity index is 653. The number of nitrogens with two attached hydrogens (primary N) is 1. The summed E-state index contributed by atoms with van der Waals surface area (Å²) in [6.07, 6.45) is 1.35. The van der Waals surface area contributed by atoms with Gasteiger partial charge in [-0.1, -0.05) is 42.5 Å². The zero-order chi connectivity index (χ0) is 13.9. The quantitative estimate of drug-likeness (QED) is 0.706. The number of rotatable bonds is 5. The van der Waals surface area contributed by atoms with Crippen molar-refractivity contribution in [3.8, 4) is 0 Å². The average Bonchev–Trinajstić information content (AvgIpc) is 2.91. The van der Waals surface area contributed by atoms with Crippen molar-refractivity contribution in [1.29, 1.82) is 0 Å². The van der Waals surface area contributed by atoms with Gasteiger partial charge in [0.25, 0.3) is 10.0 Å². The highest BCUT2D eigenvalue weighted by Crippen LogP contribution is 2.16. The van der Waals surface area contributed by atoms with Crippen LogP contribution in [-0.2, 0) is 10.0 Å². The van der Waals surface area contributed by atoms with Gasteiger partial charge in [0.15, 0.2) is 5.03 Å². The number of nitrogens with zero attached hydrogens (tertiary/aromatic N) is 1. The Balaban J connectivity index is 2.31. The first kappa shape index (κ1) is 13.7. The Labute approximate surface area is 116 Å². The van der Waals surface area contributed by atoms with Crippen LogP contribution in [0.1, 0.15) is 11.6 Å². The first-order valence-electron chi connectivity index (χ1n) is 5.36. The number of sulfonamides is 1. The SMILES string of the molecule is NC(=S)C(NS(=O)(=O)c1ccn[nH]1)c1ccccc1. The second-order valence-electron chi connectivity index (χ2n) is 3.79. The smallest absolute Gasteiger partial charge is 0.258 e. The highest BCUT2D eigenvalue weighted by atomic mass is 32.2. The van der Waals surface area contributed by atoms with Gasteiger partial charge in [-0.05, 0) is 11.6 Å². The summed E-state index contributed by atoms with van der Waals surface area (Å²) in [6.45, 7) is 0. The topological polar surface area (TPSA) is 101 Å². The minimum Gasteiger partial charge on any atom is -0.392 e. The number of benzene rings is 1. The molecule has 1 atom stereocenters. The van der Waals surface area contributed by atoms with E-state index in [1.165, 1.54) is 12.3 Å². The molecule has 0 amide bonds. The van der Waals surface area contributed by atoms with Gasteiger partial charge in [-0.15, -0.1) is 0 Å². The first-order valence-corrected chi connectivity index (χ1v) is 7.26. The van der Waals surface area contributed by atoms with Crippen molar-refractivity contribution < 1.29 is 8.42 Å². The van der Waals surface area contributed by atoms with Crippen molar-refractivity contribution in [2.45, 2.75) is 11.1 Å². The van der Waals surface area contributed by atoms with Crippen LogP contribution in [0.3, 0.4) is 0 Å². The molecule has 100 valence electrons. The highest BCUT2D eigenvalue weighted by Gasteiger charge is 2.24. The molecule has 0 aliphatic rings. The summed E-state index contributed by atoms with van der Waals surface area (Å²) in [4.78, 5) is 0.0503. The third kappa shape index (κ3) is 3.16. The van der Waals surface area contributed by atoms with Gasteiger partial charge < -0.3 is 5.73 Å². The van der Waals surface area contributed by atoms with E-state index in [1.54, 1.807) is 24.3 Å². The van der Waals surface area contributed by atoms with Crippen LogP contribution in [0.4, 0.5) is 0 Å². The molecule has 1 heterocycles. The lowest BCUT2D eigenvalue weighted by Crippen LogP contribution is -2.36. The molecule has 19 heavy (non-hydrogen) atoms. The third-order valence-electron chi connectivity index (χ3n) is 2.46. The molecule has 0 bridgehead atoms. The maximum Gasteiger partial charge on any atom is 0.258 e. The normalized spacial score (nSPS) is 13.1. The van der Waals surface area contributed by atoms with Crippen LogP contribution in [-0.4, -0.2) is 23.6 Å². The molecule has 8 heteroatoms. The molecular weight excluding hydrogens is 284 g/mol. The van der Waals surface area contributed by atoms with Crippen LogP contribution in [0.5, 0.6) is 0 Å². The number of hydrogen-bond acceptors (Lipinski definition) is 4. The van der Waals surface area contributed by atoms with E-state index < -0.39 is 16.1 Å². The van der Waals surface area contributed by atoms with Crippen molar-refractivity contribution in [1.82, 2.24) is 14.9 Å². The maximum atomic E-state index is 12.1. The summed E-state index contributed by atoms with van der Waals surface area (Å²) >= 11 is 4.92. The van der Waals surface area contributed by atoms with Gasteiger partial charge in [0.1, 0.15) is 0 Å². The number of nitrogens with one attached hydrogen (secondary N) is 2. The zero-order valence-electron chi connectivity index (χ0n) is 9.78. The van der Waals surface area contributed by atoms with E-state index in [4.69, 9.17) is 18.0 Å². The van der Waals surface area contributed by atoms with E-state index in [0.717, 1.165) is 0 Å². The molecule has 0 aliphatic heterocycles. The molecule has 1 aromatic heterocycles. The molecular formula is C11H12N4O2S2. The van der Waals surface area contributed by atoms with E-state index in [2.05, 4.69) is 14.9 Å². The Morgan fingerprint density at radius 3 is 2.53 bits per heavy atom. The molecule has 0 radical (unpaired) electrons. The van der Waals surface area contributed by atoms with Gasteiger partial charge in [-0.3, -0.25) is 5.10 Å². The fourth-order valence-corrected chi connectivity index (χ4v) is 2.93. The Morgan fingerprint density at radius 2 is 2.00 bits per heavy atom. The predicted molar refractivity (Wildman–Crippen MR) is 74.9 cm³/mol. The summed E-state index contributed by atoms with van der Waals surface area (Å²) in [5, 5.41) is 5.96. The fraction of sp³-hybridized carbons (Fsp3) is 0.0909. The molecule has 1 aromatic carbocycles. The van der Waals surface area contributed by atoms with Crippen LogP contribution >= 0.6 is 12.2 Å². The minimum atomic E-state index is -3.74. The van der Waals surface area contributed by atoms with Crippen LogP contribution in [0, 0.1) is 0 Å². The fourth-order valence-electron chi connectivity index (χ4n) is 1.55. The second-order valence-corrected chi connectivity index (χ2v) is 5.94. The highest BCUT2D eigenvalue weighted by molar-refractivity contribution is 7.89. The van der Waals surface area contributed by atoms with Crippen LogP contribution in [0.2, 0.25) is 0 Å². The van der Waals surface area contributed by atoms with E-state index in [0.29, 0.717) is 5.56 Å². The van der Waals surface area contributed by atoms with Crippen LogP contribution in [0.15, 0.2) is 47.6 Å². The molecule has 0 saturated heterocycles. The second kappa shape index (κ2) is 5.47. The van der Waals surface area contributed by atoms with Gasteiger partial charge >= 0.3 is 0 Å². The number of hydrogen-bond donors (Lipinski definition) is 3. The zero-order valence-corrected chi connectivity index (χ0v) is 11.4. The molecule has 2 rings (SSSR count). The maximum absolute atomic E-state index is 12.1. The number of thiocarbonyl (C=S) groups is 1. The molecule has 2 aromatic rings. The van der Waals surface area contributed by atoms with Crippen molar-refractivity contribution in [3.63, 3.8) is 0 Å². The largest absolute Gasteiger partial charge is 0.392 e. The lowest BCUT2D eigenvalue weighted by molar-refractivity contribution is 0.573. The minimum absolute atomic E-state index is 0.0373. The summed E-state index contributed by atoms with van der Waals surface area (Å²) < 4.78 is 26.6.